The van der Waals surface area contributed by atoms with Gasteiger partial charge in [0, 0.05) is 26.7 Å². The standard InChI is InChI=1S/C15H7BrClFN2O3S/c16-10-6-8(20(22)23)2-4-11(10)19-15(21)14-13(17)9-3-1-7(18)5-12(9)24-14/h1-6H,(H,19,21). The van der Waals surface area contributed by atoms with Crippen LogP contribution in [0, 0.1) is 15.9 Å². The molecule has 24 heavy (non-hydrogen) atoms. The fourth-order valence-electron chi connectivity index (χ4n) is 2.08. The summed E-state index contributed by atoms with van der Waals surface area (Å²) in [7, 11) is 0. The van der Waals surface area contributed by atoms with Crippen LogP contribution in [0.15, 0.2) is 40.9 Å². The van der Waals surface area contributed by atoms with Crippen LogP contribution in [-0.4, -0.2) is 10.8 Å². The van der Waals surface area contributed by atoms with Gasteiger partial charge in [-0.1, -0.05) is 11.6 Å². The van der Waals surface area contributed by atoms with Crippen molar-refractivity contribution in [3.8, 4) is 0 Å². The molecule has 2 aromatic carbocycles. The highest BCUT2D eigenvalue weighted by molar-refractivity contribution is 9.10. The number of fused-ring (bicyclic) bond motifs is 1. The number of hydrogen-bond acceptors (Lipinski definition) is 4. The van der Waals surface area contributed by atoms with Crippen molar-refractivity contribution < 1.29 is 14.1 Å². The van der Waals surface area contributed by atoms with Crippen molar-refractivity contribution in [2.45, 2.75) is 0 Å². The van der Waals surface area contributed by atoms with Gasteiger partial charge < -0.3 is 5.32 Å². The maximum absolute atomic E-state index is 13.3. The summed E-state index contributed by atoms with van der Waals surface area (Å²) in [5.41, 5.74) is 0.264. The van der Waals surface area contributed by atoms with Crippen LogP contribution in [0.4, 0.5) is 15.8 Å². The number of nitro benzene ring substituents is 1. The van der Waals surface area contributed by atoms with Crippen LogP contribution in [0.1, 0.15) is 9.67 Å². The summed E-state index contributed by atoms with van der Waals surface area (Å²) in [6, 6.07) is 8.09. The average molecular weight is 430 g/mol. The molecule has 5 nitrogen and oxygen atoms in total. The lowest BCUT2D eigenvalue weighted by Gasteiger charge is -2.06. The Hall–Kier alpha value is -2.03. The molecule has 1 heterocycles. The van der Waals surface area contributed by atoms with E-state index in [1.54, 1.807) is 0 Å². The van der Waals surface area contributed by atoms with E-state index < -0.39 is 16.6 Å². The van der Waals surface area contributed by atoms with E-state index in [4.69, 9.17) is 11.6 Å². The Morgan fingerprint density at radius 2 is 2.04 bits per heavy atom. The quantitative estimate of drug-likeness (QED) is 0.434. The lowest BCUT2D eigenvalue weighted by atomic mass is 10.2. The third-order valence-corrected chi connectivity index (χ3v) is 5.52. The number of benzene rings is 2. The van der Waals surface area contributed by atoms with Crippen LogP contribution in [0.25, 0.3) is 10.1 Å². The molecule has 3 aromatic rings. The minimum atomic E-state index is -0.534. The minimum Gasteiger partial charge on any atom is -0.320 e. The number of carbonyl (C=O) groups is 1. The average Bonchev–Trinajstić information content (AvgIpc) is 2.85. The molecule has 9 heteroatoms. The number of non-ortho nitro benzene ring substituents is 1. The Kier molecular flexibility index (Phi) is 4.53. The largest absolute Gasteiger partial charge is 0.320 e. The lowest BCUT2D eigenvalue weighted by Crippen LogP contribution is -2.11. The number of nitro groups is 1. The van der Waals surface area contributed by atoms with Crippen molar-refractivity contribution in [1.29, 1.82) is 0 Å². The molecule has 0 aliphatic rings. The van der Waals surface area contributed by atoms with Gasteiger partial charge in [0.15, 0.2) is 0 Å². The maximum atomic E-state index is 13.3. The zero-order valence-electron chi connectivity index (χ0n) is 11.7. The van der Waals surface area contributed by atoms with E-state index in [0.29, 0.717) is 20.2 Å². The number of anilines is 1. The van der Waals surface area contributed by atoms with Crippen LogP contribution in [-0.2, 0) is 0 Å². The zero-order valence-corrected chi connectivity index (χ0v) is 14.8. The van der Waals surface area contributed by atoms with Gasteiger partial charge in [0.25, 0.3) is 11.6 Å². The summed E-state index contributed by atoms with van der Waals surface area (Å²) in [5, 5.41) is 14.2. The number of nitrogens with zero attached hydrogens (tertiary/aromatic N) is 1. The van der Waals surface area contributed by atoms with E-state index in [1.165, 1.54) is 36.4 Å². The monoisotopic (exact) mass is 428 g/mol. The Labute approximate surface area is 152 Å². The third-order valence-electron chi connectivity index (χ3n) is 3.21. The first-order chi connectivity index (χ1) is 11.4. The molecular weight excluding hydrogens is 423 g/mol. The highest BCUT2D eigenvalue weighted by atomic mass is 79.9. The summed E-state index contributed by atoms with van der Waals surface area (Å²) >= 11 is 10.5. The van der Waals surface area contributed by atoms with Crippen molar-refractivity contribution in [3.63, 3.8) is 0 Å². The van der Waals surface area contributed by atoms with Gasteiger partial charge >= 0.3 is 0 Å². The number of rotatable bonds is 3. The van der Waals surface area contributed by atoms with Crippen molar-refractivity contribution in [3.05, 3.63) is 66.7 Å². The molecule has 122 valence electrons. The minimum absolute atomic E-state index is 0.102. The van der Waals surface area contributed by atoms with E-state index in [-0.39, 0.29) is 15.6 Å². The summed E-state index contributed by atoms with van der Waals surface area (Å²) < 4.78 is 14.2. The van der Waals surface area contributed by atoms with Crippen molar-refractivity contribution in [1.82, 2.24) is 0 Å². The van der Waals surface area contributed by atoms with Gasteiger partial charge in [0.05, 0.1) is 15.6 Å². The van der Waals surface area contributed by atoms with E-state index in [1.807, 2.05) is 0 Å². The lowest BCUT2D eigenvalue weighted by molar-refractivity contribution is -0.384. The maximum Gasteiger partial charge on any atom is 0.270 e. The fraction of sp³-hybridized carbons (Fsp3) is 0. The number of carbonyl (C=O) groups excluding carboxylic acids is 1. The smallest absolute Gasteiger partial charge is 0.270 e. The molecule has 0 bridgehead atoms. The number of amides is 1. The first-order valence-electron chi connectivity index (χ1n) is 6.49. The van der Waals surface area contributed by atoms with Crippen LogP contribution >= 0.6 is 38.9 Å². The van der Waals surface area contributed by atoms with Crippen LogP contribution < -0.4 is 5.32 Å². The summed E-state index contributed by atoms with van der Waals surface area (Å²) in [6.45, 7) is 0. The van der Waals surface area contributed by atoms with Crippen molar-refractivity contribution in [2.24, 2.45) is 0 Å². The first-order valence-corrected chi connectivity index (χ1v) is 8.48. The predicted molar refractivity (Wildman–Crippen MR) is 95.5 cm³/mol. The highest BCUT2D eigenvalue weighted by Crippen LogP contribution is 2.36. The van der Waals surface area contributed by atoms with Gasteiger partial charge in [-0.2, -0.15) is 0 Å². The van der Waals surface area contributed by atoms with E-state index >= 15 is 0 Å². The number of hydrogen-bond donors (Lipinski definition) is 1. The molecule has 0 fully saturated rings. The van der Waals surface area contributed by atoms with E-state index in [0.717, 1.165) is 11.3 Å². The fourth-order valence-corrected chi connectivity index (χ4v) is 3.99. The van der Waals surface area contributed by atoms with E-state index in [9.17, 15) is 19.3 Å². The van der Waals surface area contributed by atoms with Gasteiger partial charge in [-0.3, -0.25) is 14.9 Å². The molecule has 0 atom stereocenters. The normalized spacial score (nSPS) is 10.8. The second-order valence-electron chi connectivity index (χ2n) is 4.76. The van der Waals surface area contributed by atoms with Crippen LogP contribution in [0.2, 0.25) is 5.02 Å². The molecule has 0 radical (unpaired) electrons. The number of thiophene rings is 1. The van der Waals surface area contributed by atoms with Gasteiger partial charge in [-0.25, -0.2) is 4.39 Å². The molecule has 1 aromatic heterocycles. The van der Waals surface area contributed by atoms with E-state index in [2.05, 4.69) is 21.2 Å². The molecule has 1 N–H and O–H groups in total. The second kappa shape index (κ2) is 6.46. The Bertz CT molecular complexity index is 992. The molecule has 3 rings (SSSR count). The van der Waals surface area contributed by atoms with Crippen LogP contribution in [0.5, 0.6) is 0 Å². The third kappa shape index (κ3) is 3.12. The molecule has 0 aliphatic heterocycles. The SMILES string of the molecule is O=C(Nc1ccc([N+](=O)[O-])cc1Br)c1sc2cc(F)ccc2c1Cl. The molecule has 0 aliphatic carbocycles. The second-order valence-corrected chi connectivity index (χ2v) is 7.05. The summed E-state index contributed by atoms with van der Waals surface area (Å²) in [5.74, 6) is -0.887. The number of halogens is 3. The Morgan fingerprint density at radius 3 is 2.71 bits per heavy atom. The Morgan fingerprint density at radius 1 is 1.29 bits per heavy atom. The topological polar surface area (TPSA) is 72.2 Å². The predicted octanol–water partition coefficient (Wildman–Crippen LogP) is 5.62. The van der Waals surface area contributed by atoms with Crippen LogP contribution in [0.3, 0.4) is 0 Å². The molecule has 0 spiro atoms. The molecule has 0 unspecified atom stereocenters. The van der Waals surface area contributed by atoms with Gasteiger partial charge in [0.2, 0.25) is 0 Å². The molecule has 0 saturated heterocycles. The highest BCUT2D eigenvalue weighted by Gasteiger charge is 2.19. The summed E-state index contributed by atoms with van der Waals surface area (Å²) in [4.78, 5) is 22.9. The van der Waals surface area contributed by atoms with Crippen molar-refractivity contribution in [2.75, 3.05) is 5.32 Å². The Balaban J connectivity index is 1.93. The number of nitrogens with one attached hydrogen (secondary N) is 1. The van der Waals surface area contributed by atoms with Gasteiger partial charge in [-0.15, -0.1) is 11.3 Å². The first kappa shape index (κ1) is 16.8. The van der Waals surface area contributed by atoms with Gasteiger partial charge in [-0.05, 0) is 40.2 Å². The molecule has 0 saturated carbocycles. The van der Waals surface area contributed by atoms with Crippen molar-refractivity contribution >= 4 is 66.2 Å². The van der Waals surface area contributed by atoms with Gasteiger partial charge in [0.1, 0.15) is 10.7 Å². The summed E-state index contributed by atoms with van der Waals surface area (Å²) in [6.07, 6.45) is 0. The molecular formula is C15H7BrClFN2O3S. The molecule has 1 amide bonds. The zero-order chi connectivity index (χ0) is 17.4.